The molecule has 2 amide bonds. The molecule has 0 saturated carbocycles. The summed E-state index contributed by atoms with van der Waals surface area (Å²) in [6.07, 6.45) is 2.97. The summed E-state index contributed by atoms with van der Waals surface area (Å²) in [6, 6.07) is 4.63. The van der Waals surface area contributed by atoms with Crippen LogP contribution in [0.4, 0.5) is 20.6 Å². The van der Waals surface area contributed by atoms with Crippen molar-refractivity contribution in [3.05, 3.63) is 36.4 Å². The fraction of sp³-hybridized carbons (Fsp3) is 0.476. The lowest BCUT2D eigenvalue weighted by atomic mass is 10.1. The summed E-state index contributed by atoms with van der Waals surface area (Å²) in [5.41, 5.74) is 3.87. The molecule has 1 aromatic carbocycles. The molecule has 2 aromatic rings. The van der Waals surface area contributed by atoms with E-state index >= 15 is 4.39 Å². The highest BCUT2D eigenvalue weighted by Gasteiger charge is 2.33. The lowest BCUT2D eigenvalue weighted by Crippen LogP contribution is -2.45. The fourth-order valence-corrected chi connectivity index (χ4v) is 3.89. The Kier molecular flexibility index (Phi) is 6.82. The summed E-state index contributed by atoms with van der Waals surface area (Å²) in [5, 5.41) is 8.99. The summed E-state index contributed by atoms with van der Waals surface area (Å²) >= 11 is 0. The van der Waals surface area contributed by atoms with Crippen molar-refractivity contribution < 1.29 is 23.5 Å². The molecule has 3 heterocycles. The summed E-state index contributed by atoms with van der Waals surface area (Å²) < 4.78 is 21.8. The molecule has 0 unspecified atom stereocenters. The average molecular weight is 459 g/mol. The highest BCUT2D eigenvalue weighted by atomic mass is 19.1. The zero-order valence-electron chi connectivity index (χ0n) is 18.3. The standard InChI is InChI=1S/C21H26FN7O4/c1-15(30)2-4-17-13-28(21(32)33-17)16-3-5-19(18(22)12-16)26-8-7-24-29(11-10-26)20(31)14-27-9-6-23-25-27/h3,5-6,9,12,17,24H,2,4,7-8,10-11,13-14H2,1H3/t17-/m0/s1. The van der Waals surface area contributed by atoms with Gasteiger partial charge in [0, 0.05) is 32.3 Å². The number of hydrazine groups is 1. The third-order valence-electron chi connectivity index (χ3n) is 5.62. The number of amides is 2. The van der Waals surface area contributed by atoms with Crippen LogP contribution in [0, 0.1) is 5.82 Å². The topological polar surface area (TPSA) is 113 Å². The molecule has 1 aromatic heterocycles. The van der Waals surface area contributed by atoms with Crippen LogP contribution in [0.3, 0.4) is 0 Å². The maximum Gasteiger partial charge on any atom is 0.414 e. The number of cyclic esters (lactones) is 1. The quantitative estimate of drug-likeness (QED) is 0.652. The van der Waals surface area contributed by atoms with Crippen molar-refractivity contribution in [2.24, 2.45) is 0 Å². The van der Waals surface area contributed by atoms with Crippen molar-refractivity contribution >= 4 is 29.2 Å². The molecule has 33 heavy (non-hydrogen) atoms. The Morgan fingerprint density at radius 1 is 1.27 bits per heavy atom. The van der Waals surface area contributed by atoms with Gasteiger partial charge in [-0.05, 0) is 31.5 Å². The van der Waals surface area contributed by atoms with Crippen LogP contribution in [-0.4, -0.2) is 76.6 Å². The van der Waals surface area contributed by atoms with Crippen LogP contribution in [0.5, 0.6) is 0 Å². The van der Waals surface area contributed by atoms with Gasteiger partial charge in [-0.2, -0.15) is 0 Å². The molecule has 1 N–H and O–H groups in total. The van der Waals surface area contributed by atoms with E-state index in [9.17, 15) is 14.4 Å². The fourth-order valence-electron chi connectivity index (χ4n) is 3.89. The van der Waals surface area contributed by atoms with Crippen LogP contribution in [0.2, 0.25) is 0 Å². The van der Waals surface area contributed by atoms with Gasteiger partial charge in [0.15, 0.2) is 0 Å². The third-order valence-corrected chi connectivity index (χ3v) is 5.62. The second-order valence-corrected chi connectivity index (χ2v) is 8.03. The zero-order chi connectivity index (χ0) is 23.4. The van der Waals surface area contributed by atoms with Crippen LogP contribution >= 0.6 is 0 Å². The Morgan fingerprint density at radius 2 is 2.12 bits per heavy atom. The van der Waals surface area contributed by atoms with Crippen LogP contribution in [0.25, 0.3) is 0 Å². The van der Waals surface area contributed by atoms with E-state index in [1.54, 1.807) is 18.3 Å². The Hall–Kier alpha value is -3.54. The van der Waals surface area contributed by atoms with Gasteiger partial charge in [-0.25, -0.2) is 19.3 Å². The predicted octanol–water partition coefficient (Wildman–Crippen LogP) is 0.965. The lowest BCUT2D eigenvalue weighted by molar-refractivity contribution is -0.134. The van der Waals surface area contributed by atoms with Crippen molar-refractivity contribution in [3.8, 4) is 0 Å². The van der Waals surface area contributed by atoms with Crippen LogP contribution in [0.1, 0.15) is 19.8 Å². The highest BCUT2D eigenvalue weighted by Crippen LogP contribution is 2.29. The first-order chi connectivity index (χ1) is 15.9. The van der Waals surface area contributed by atoms with E-state index in [4.69, 9.17) is 4.74 Å². The maximum atomic E-state index is 15.0. The molecule has 0 radical (unpaired) electrons. The average Bonchev–Trinajstić information content (AvgIpc) is 3.35. The second-order valence-electron chi connectivity index (χ2n) is 8.03. The van der Waals surface area contributed by atoms with Gasteiger partial charge < -0.3 is 14.4 Å². The normalized spacial score (nSPS) is 18.9. The molecular weight excluding hydrogens is 433 g/mol. The minimum absolute atomic E-state index is 0.0329. The number of aromatic nitrogens is 3. The molecule has 12 heteroatoms. The van der Waals surface area contributed by atoms with E-state index in [2.05, 4.69) is 15.7 Å². The number of Topliss-reactive ketones (excluding diaryl/α,β-unsaturated/α-hetero) is 1. The molecule has 0 spiro atoms. The number of halogens is 1. The summed E-state index contributed by atoms with van der Waals surface area (Å²) in [7, 11) is 0. The summed E-state index contributed by atoms with van der Waals surface area (Å²) in [4.78, 5) is 39.1. The van der Waals surface area contributed by atoms with Crippen molar-refractivity contribution in [2.45, 2.75) is 32.4 Å². The van der Waals surface area contributed by atoms with Gasteiger partial charge >= 0.3 is 6.09 Å². The molecule has 2 fully saturated rings. The summed E-state index contributed by atoms with van der Waals surface area (Å²) in [6.45, 7) is 3.60. The van der Waals surface area contributed by atoms with Crippen molar-refractivity contribution in [2.75, 3.05) is 42.5 Å². The molecule has 0 bridgehead atoms. The van der Waals surface area contributed by atoms with Crippen molar-refractivity contribution in [3.63, 3.8) is 0 Å². The number of ether oxygens (including phenoxy) is 1. The van der Waals surface area contributed by atoms with Crippen LogP contribution in [-0.2, 0) is 20.9 Å². The first-order valence-corrected chi connectivity index (χ1v) is 10.8. The zero-order valence-corrected chi connectivity index (χ0v) is 18.3. The summed E-state index contributed by atoms with van der Waals surface area (Å²) in [5.74, 6) is -0.592. The van der Waals surface area contributed by atoms with Gasteiger partial charge in [-0.3, -0.25) is 14.7 Å². The SMILES string of the molecule is CC(=O)CC[C@H]1CN(c2ccc(N3CCNN(C(=O)Cn4ccnn4)CC3)c(F)c2)C(=O)O1. The lowest BCUT2D eigenvalue weighted by Gasteiger charge is -2.24. The minimum Gasteiger partial charge on any atom is -0.444 e. The van der Waals surface area contributed by atoms with E-state index in [1.807, 2.05) is 4.90 Å². The van der Waals surface area contributed by atoms with Gasteiger partial charge in [0.1, 0.15) is 24.2 Å². The molecular formula is C21H26FN7O4. The Balaban J connectivity index is 1.37. The van der Waals surface area contributed by atoms with Gasteiger partial charge in [0.05, 0.1) is 30.7 Å². The third kappa shape index (κ3) is 5.45. The monoisotopic (exact) mass is 459 g/mol. The Bertz CT molecular complexity index is 1020. The number of hydrogen-bond acceptors (Lipinski definition) is 8. The molecule has 2 aliphatic rings. The van der Waals surface area contributed by atoms with Gasteiger partial charge in [0.2, 0.25) is 0 Å². The number of anilines is 2. The van der Waals surface area contributed by atoms with E-state index < -0.39 is 11.9 Å². The highest BCUT2D eigenvalue weighted by molar-refractivity contribution is 5.90. The molecule has 2 aliphatic heterocycles. The van der Waals surface area contributed by atoms with Crippen molar-refractivity contribution in [1.82, 2.24) is 25.4 Å². The number of benzene rings is 1. The van der Waals surface area contributed by atoms with Gasteiger partial charge in [-0.15, -0.1) is 5.10 Å². The Morgan fingerprint density at radius 3 is 2.85 bits per heavy atom. The van der Waals surface area contributed by atoms with E-state index in [0.717, 1.165) is 0 Å². The molecule has 0 aliphatic carbocycles. The molecule has 4 rings (SSSR count). The number of carbonyl (C=O) groups excluding carboxylic acids is 3. The van der Waals surface area contributed by atoms with E-state index in [0.29, 0.717) is 50.4 Å². The molecule has 11 nitrogen and oxygen atoms in total. The minimum atomic E-state index is -0.545. The first-order valence-electron chi connectivity index (χ1n) is 10.8. The largest absolute Gasteiger partial charge is 0.444 e. The first kappa shape index (κ1) is 22.6. The van der Waals surface area contributed by atoms with Gasteiger partial charge in [0.25, 0.3) is 5.91 Å². The number of nitrogens with one attached hydrogen (secondary N) is 1. The second kappa shape index (κ2) is 9.94. The number of rotatable bonds is 7. The molecule has 1 atom stereocenters. The molecule has 2 saturated heterocycles. The van der Waals surface area contributed by atoms with Gasteiger partial charge in [-0.1, -0.05) is 5.21 Å². The number of ketones is 1. The van der Waals surface area contributed by atoms with E-state index in [1.165, 1.54) is 33.8 Å². The predicted molar refractivity (Wildman–Crippen MR) is 116 cm³/mol. The van der Waals surface area contributed by atoms with Crippen LogP contribution < -0.4 is 15.2 Å². The smallest absolute Gasteiger partial charge is 0.414 e. The number of carbonyl (C=O) groups is 3. The maximum absolute atomic E-state index is 15.0. The van der Waals surface area contributed by atoms with Crippen molar-refractivity contribution in [1.29, 1.82) is 0 Å². The number of hydrogen-bond donors (Lipinski definition) is 1. The van der Waals surface area contributed by atoms with Crippen LogP contribution in [0.15, 0.2) is 30.6 Å². The molecule has 176 valence electrons. The Labute approximate surface area is 190 Å². The number of nitrogens with zero attached hydrogens (tertiary/aromatic N) is 6. The van der Waals surface area contributed by atoms with E-state index in [-0.39, 0.29) is 30.9 Å².